The first kappa shape index (κ1) is 11.5. The molecule has 0 amide bonds. The zero-order valence-electron chi connectivity index (χ0n) is 10.7. The molecule has 2 aromatic rings. The van der Waals surface area contributed by atoms with Crippen LogP contribution in [0.2, 0.25) is 0 Å². The van der Waals surface area contributed by atoms with Gasteiger partial charge in [0, 0.05) is 22.7 Å². The molecule has 1 saturated heterocycles. The number of hydrogen-bond acceptors (Lipinski definition) is 2. The van der Waals surface area contributed by atoms with Crippen molar-refractivity contribution < 1.29 is 9.53 Å². The minimum atomic E-state index is -0.265. The maximum absolute atomic E-state index is 12.5. The van der Waals surface area contributed by atoms with Gasteiger partial charge >= 0.3 is 0 Å². The predicted octanol–water partition coefficient (Wildman–Crippen LogP) is 3.23. The largest absolute Gasteiger partial charge is 0.367 e. The SMILES string of the molecule is Cc1cccc2[nH]cc(C(=O)C3CCC(C)O3)c12. The number of H-pyrrole nitrogens is 1. The van der Waals surface area contributed by atoms with Crippen molar-refractivity contribution in [3.8, 4) is 0 Å². The Kier molecular flexibility index (Phi) is 2.71. The molecule has 2 unspecified atom stereocenters. The molecule has 1 fully saturated rings. The molecule has 1 aliphatic heterocycles. The van der Waals surface area contributed by atoms with Gasteiger partial charge in [-0.05, 0) is 38.3 Å². The predicted molar refractivity (Wildman–Crippen MR) is 70.9 cm³/mol. The Bertz CT molecular complexity index is 600. The van der Waals surface area contributed by atoms with E-state index in [2.05, 4.69) is 4.98 Å². The van der Waals surface area contributed by atoms with Gasteiger partial charge in [-0.15, -0.1) is 0 Å². The van der Waals surface area contributed by atoms with Gasteiger partial charge in [0.15, 0.2) is 5.78 Å². The molecule has 3 rings (SSSR count). The van der Waals surface area contributed by atoms with Crippen molar-refractivity contribution in [3.63, 3.8) is 0 Å². The lowest BCUT2D eigenvalue weighted by atomic mass is 10.0. The fraction of sp³-hybridized carbons (Fsp3) is 0.400. The summed E-state index contributed by atoms with van der Waals surface area (Å²) in [7, 11) is 0. The molecule has 18 heavy (non-hydrogen) atoms. The number of nitrogens with one attached hydrogen (secondary N) is 1. The van der Waals surface area contributed by atoms with Crippen molar-refractivity contribution in [1.29, 1.82) is 0 Å². The highest BCUT2D eigenvalue weighted by molar-refractivity contribution is 6.10. The Balaban J connectivity index is 2.02. The number of ketones is 1. The van der Waals surface area contributed by atoms with Crippen LogP contribution in [0.5, 0.6) is 0 Å². The van der Waals surface area contributed by atoms with E-state index in [9.17, 15) is 4.79 Å². The van der Waals surface area contributed by atoms with Gasteiger partial charge in [0.05, 0.1) is 6.10 Å². The van der Waals surface area contributed by atoms with Crippen molar-refractivity contribution in [1.82, 2.24) is 4.98 Å². The summed E-state index contributed by atoms with van der Waals surface area (Å²) >= 11 is 0. The van der Waals surface area contributed by atoms with E-state index in [1.165, 1.54) is 0 Å². The van der Waals surface area contributed by atoms with Gasteiger partial charge in [-0.3, -0.25) is 4.79 Å². The first-order valence-corrected chi connectivity index (χ1v) is 6.43. The number of carbonyl (C=O) groups excluding carboxylic acids is 1. The van der Waals surface area contributed by atoms with E-state index >= 15 is 0 Å². The zero-order valence-corrected chi connectivity index (χ0v) is 10.7. The zero-order chi connectivity index (χ0) is 12.7. The summed E-state index contributed by atoms with van der Waals surface area (Å²) in [6, 6.07) is 6.03. The number of aryl methyl sites for hydroxylation is 1. The van der Waals surface area contributed by atoms with E-state index in [0.29, 0.717) is 0 Å². The monoisotopic (exact) mass is 243 g/mol. The molecule has 1 aromatic carbocycles. The summed E-state index contributed by atoms with van der Waals surface area (Å²) in [6.07, 6.45) is 3.55. The van der Waals surface area contributed by atoms with E-state index in [-0.39, 0.29) is 18.0 Å². The Hall–Kier alpha value is -1.61. The summed E-state index contributed by atoms with van der Waals surface area (Å²) in [4.78, 5) is 15.6. The molecule has 94 valence electrons. The van der Waals surface area contributed by atoms with Gasteiger partial charge in [0.1, 0.15) is 6.10 Å². The van der Waals surface area contributed by atoms with Crippen molar-refractivity contribution in [2.45, 2.75) is 38.9 Å². The van der Waals surface area contributed by atoms with Crippen LogP contribution in [0.3, 0.4) is 0 Å². The standard InChI is InChI=1S/C15H17NO2/c1-9-4-3-5-12-14(9)11(8-16-12)15(17)13-7-6-10(2)18-13/h3-5,8,10,13,16H,6-7H2,1-2H3. The fourth-order valence-electron chi connectivity index (χ4n) is 2.73. The lowest BCUT2D eigenvalue weighted by Crippen LogP contribution is -2.20. The highest BCUT2D eigenvalue weighted by atomic mass is 16.5. The molecule has 0 bridgehead atoms. The Morgan fingerprint density at radius 1 is 1.39 bits per heavy atom. The number of aromatic nitrogens is 1. The lowest BCUT2D eigenvalue weighted by molar-refractivity contribution is 0.0435. The van der Waals surface area contributed by atoms with Crippen LogP contribution in [0, 0.1) is 6.92 Å². The summed E-state index contributed by atoms with van der Waals surface area (Å²) in [6.45, 7) is 4.05. The molecule has 2 atom stereocenters. The molecule has 0 saturated carbocycles. The number of fused-ring (bicyclic) bond motifs is 1. The second kappa shape index (κ2) is 4.25. The smallest absolute Gasteiger partial charge is 0.193 e. The van der Waals surface area contributed by atoms with Crippen molar-refractivity contribution in [2.24, 2.45) is 0 Å². The van der Waals surface area contributed by atoms with Crippen LogP contribution in [0.4, 0.5) is 0 Å². The summed E-state index contributed by atoms with van der Waals surface area (Å²) < 4.78 is 5.67. The quantitative estimate of drug-likeness (QED) is 0.823. The number of Topliss-reactive ketones (excluding diaryl/α,β-unsaturated/α-hetero) is 1. The average molecular weight is 243 g/mol. The van der Waals surface area contributed by atoms with Crippen LogP contribution < -0.4 is 0 Å². The van der Waals surface area contributed by atoms with Gasteiger partial charge in [0.25, 0.3) is 0 Å². The minimum Gasteiger partial charge on any atom is -0.367 e. The van der Waals surface area contributed by atoms with Gasteiger partial charge in [-0.25, -0.2) is 0 Å². The number of benzene rings is 1. The third-order valence-electron chi connectivity index (χ3n) is 3.70. The third-order valence-corrected chi connectivity index (χ3v) is 3.70. The molecular weight excluding hydrogens is 226 g/mol. The number of hydrogen-bond donors (Lipinski definition) is 1. The fourth-order valence-corrected chi connectivity index (χ4v) is 2.73. The van der Waals surface area contributed by atoms with Crippen LogP contribution in [-0.4, -0.2) is 23.0 Å². The molecule has 3 heteroatoms. The van der Waals surface area contributed by atoms with Crippen LogP contribution >= 0.6 is 0 Å². The first-order valence-electron chi connectivity index (χ1n) is 6.43. The van der Waals surface area contributed by atoms with Gasteiger partial charge in [-0.1, -0.05) is 12.1 Å². The maximum atomic E-state index is 12.5. The summed E-state index contributed by atoms with van der Waals surface area (Å²) in [5.74, 6) is 0.111. The number of rotatable bonds is 2. The molecule has 1 aromatic heterocycles. The average Bonchev–Trinajstić information content (AvgIpc) is 2.95. The van der Waals surface area contributed by atoms with E-state index in [1.54, 1.807) is 0 Å². The number of aromatic amines is 1. The van der Waals surface area contributed by atoms with E-state index < -0.39 is 0 Å². The van der Waals surface area contributed by atoms with Crippen LogP contribution in [0.1, 0.15) is 35.7 Å². The maximum Gasteiger partial charge on any atom is 0.193 e. The first-order chi connectivity index (χ1) is 8.66. The van der Waals surface area contributed by atoms with Crippen molar-refractivity contribution in [3.05, 3.63) is 35.5 Å². The highest BCUT2D eigenvalue weighted by Gasteiger charge is 2.30. The molecule has 3 nitrogen and oxygen atoms in total. The molecule has 0 spiro atoms. The molecule has 2 heterocycles. The van der Waals surface area contributed by atoms with Crippen LogP contribution in [0.25, 0.3) is 10.9 Å². The molecule has 1 N–H and O–H groups in total. The topological polar surface area (TPSA) is 42.1 Å². The van der Waals surface area contributed by atoms with Crippen LogP contribution in [-0.2, 0) is 4.74 Å². The van der Waals surface area contributed by atoms with E-state index in [0.717, 1.165) is 34.9 Å². The normalized spacial score (nSPS) is 23.7. The Labute approximate surface area is 106 Å². The Morgan fingerprint density at radius 3 is 2.94 bits per heavy atom. The molecule has 0 aliphatic carbocycles. The van der Waals surface area contributed by atoms with Crippen molar-refractivity contribution in [2.75, 3.05) is 0 Å². The van der Waals surface area contributed by atoms with Gasteiger partial charge < -0.3 is 9.72 Å². The summed E-state index contributed by atoms with van der Waals surface area (Å²) in [5.41, 5.74) is 2.91. The second-order valence-electron chi connectivity index (χ2n) is 5.08. The van der Waals surface area contributed by atoms with E-state index in [4.69, 9.17) is 4.74 Å². The highest BCUT2D eigenvalue weighted by Crippen LogP contribution is 2.27. The number of ether oxygens (including phenoxy) is 1. The molecule has 1 aliphatic rings. The van der Waals surface area contributed by atoms with Gasteiger partial charge in [0.2, 0.25) is 0 Å². The third kappa shape index (κ3) is 1.75. The van der Waals surface area contributed by atoms with Gasteiger partial charge in [-0.2, -0.15) is 0 Å². The minimum absolute atomic E-state index is 0.111. The molecule has 0 radical (unpaired) electrons. The Morgan fingerprint density at radius 2 is 2.22 bits per heavy atom. The lowest BCUT2D eigenvalue weighted by Gasteiger charge is -2.09. The summed E-state index contributed by atoms with van der Waals surface area (Å²) in [5, 5.41) is 1.03. The molecular formula is C15H17NO2. The van der Waals surface area contributed by atoms with Crippen LogP contribution in [0.15, 0.2) is 24.4 Å². The second-order valence-corrected chi connectivity index (χ2v) is 5.08. The van der Waals surface area contributed by atoms with E-state index in [1.807, 2.05) is 38.2 Å². The number of carbonyl (C=O) groups is 1. The van der Waals surface area contributed by atoms with Crippen molar-refractivity contribution >= 4 is 16.7 Å².